The van der Waals surface area contributed by atoms with E-state index in [1.54, 1.807) is 42.4 Å². The van der Waals surface area contributed by atoms with Gasteiger partial charge in [-0.2, -0.15) is 9.78 Å². The monoisotopic (exact) mass is 499 g/mol. The highest BCUT2D eigenvalue weighted by Crippen LogP contribution is 2.26. The molecule has 4 aromatic heterocycles. The van der Waals surface area contributed by atoms with Gasteiger partial charge in [-0.3, -0.25) is 4.79 Å². The fourth-order valence-corrected chi connectivity index (χ4v) is 3.53. The highest BCUT2D eigenvalue weighted by molar-refractivity contribution is 7.98. The van der Waals surface area contributed by atoms with Crippen LogP contribution in [0.25, 0.3) is 16.9 Å². The predicted molar refractivity (Wildman–Crippen MR) is 130 cm³/mol. The van der Waals surface area contributed by atoms with Crippen molar-refractivity contribution in [3.8, 4) is 11.7 Å². The summed E-state index contributed by atoms with van der Waals surface area (Å²) in [4.78, 5) is 31.1. The second-order valence-electron chi connectivity index (χ2n) is 7.34. The highest BCUT2D eigenvalue weighted by atomic mass is 35.5. The molecule has 34 heavy (non-hydrogen) atoms. The molecule has 0 saturated heterocycles. The number of pyridine rings is 2. The van der Waals surface area contributed by atoms with Gasteiger partial charge in [0.1, 0.15) is 17.5 Å². The zero-order valence-electron chi connectivity index (χ0n) is 18.7. The molecule has 0 radical (unpaired) electrons. The molecule has 4 rings (SSSR count). The molecule has 1 N–H and O–H groups in total. The number of anilines is 1. The van der Waals surface area contributed by atoms with Crippen molar-refractivity contribution in [2.75, 3.05) is 18.2 Å². The summed E-state index contributed by atoms with van der Waals surface area (Å²) in [6.45, 7) is 3.76. The summed E-state index contributed by atoms with van der Waals surface area (Å²) in [6, 6.07) is 7.04. The van der Waals surface area contributed by atoms with Gasteiger partial charge in [-0.25, -0.2) is 19.9 Å². The predicted octanol–water partition coefficient (Wildman–Crippen LogP) is 3.79. The summed E-state index contributed by atoms with van der Waals surface area (Å²) in [5.41, 5.74) is 0.434. The minimum absolute atomic E-state index is 0.0120. The summed E-state index contributed by atoms with van der Waals surface area (Å²) >= 11 is 7.84. The average Bonchev–Trinajstić information content (AvgIpc) is 3.27. The van der Waals surface area contributed by atoms with Crippen LogP contribution >= 0.6 is 23.4 Å². The lowest BCUT2D eigenvalue weighted by molar-refractivity contribution is -0.126. The fraction of sp³-hybridized carbons (Fsp3) is 0.273. The average molecular weight is 500 g/mol. The molecule has 0 spiro atoms. The van der Waals surface area contributed by atoms with Crippen molar-refractivity contribution in [3.05, 3.63) is 54.2 Å². The maximum Gasteiger partial charge on any atom is 0.269 e. The fourth-order valence-electron chi connectivity index (χ4n) is 2.96. The number of halogens is 1. The molecule has 0 aromatic carbocycles. The number of amides is 1. The number of nitrogens with one attached hydrogen (secondary N) is 1. The highest BCUT2D eigenvalue weighted by Gasteiger charge is 2.25. The lowest BCUT2D eigenvalue weighted by Crippen LogP contribution is -2.38. The summed E-state index contributed by atoms with van der Waals surface area (Å²) in [5, 5.41) is 8.02. The third-order valence-corrected chi connectivity index (χ3v) is 5.63. The lowest BCUT2D eigenvalue weighted by atomic mass is 10.3. The molecule has 4 aromatic rings. The Morgan fingerprint density at radius 1 is 1.18 bits per heavy atom. The first-order valence-electron chi connectivity index (χ1n) is 10.3. The molecule has 0 aliphatic rings. The quantitative estimate of drug-likeness (QED) is 0.343. The van der Waals surface area contributed by atoms with Crippen molar-refractivity contribution < 1.29 is 14.3 Å². The summed E-state index contributed by atoms with van der Waals surface area (Å²) in [7, 11) is 0. The van der Waals surface area contributed by atoms with Crippen LogP contribution in [0.3, 0.4) is 0 Å². The molecule has 0 aliphatic heterocycles. The van der Waals surface area contributed by atoms with Crippen LogP contribution in [0, 0.1) is 0 Å². The SMILES string of the molecule is CSc1ccc(NC(=O)[C@H](COC(C)C)Oc2ncnc3c2cnn3-c2ncccc2Cl)nc1. The van der Waals surface area contributed by atoms with Gasteiger partial charge in [0.15, 0.2) is 11.5 Å². The molecular weight excluding hydrogens is 478 g/mol. The zero-order valence-corrected chi connectivity index (χ0v) is 20.2. The molecule has 1 atom stereocenters. The second kappa shape index (κ2) is 10.8. The van der Waals surface area contributed by atoms with Crippen LogP contribution in [0.15, 0.2) is 54.1 Å². The van der Waals surface area contributed by atoms with E-state index in [0.29, 0.717) is 27.7 Å². The van der Waals surface area contributed by atoms with Gasteiger partial charge in [-0.1, -0.05) is 11.6 Å². The van der Waals surface area contributed by atoms with E-state index < -0.39 is 12.0 Å². The van der Waals surface area contributed by atoms with E-state index in [9.17, 15) is 4.79 Å². The van der Waals surface area contributed by atoms with E-state index in [2.05, 4.69) is 30.4 Å². The van der Waals surface area contributed by atoms with E-state index in [4.69, 9.17) is 21.1 Å². The number of hydrogen-bond donors (Lipinski definition) is 1. The minimum Gasteiger partial charge on any atom is -0.461 e. The van der Waals surface area contributed by atoms with Crippen molar-refractivity contribution in [3.63, 3.8) is 0 Å². The number of hydrogen-bond acceptors (Lipinski definition) is 9. The first-order chi connectivity index (χ1) is 16.5. The summed E-state index contributed by atoms with van der Waals surface area (Å²) in [6.07, 6.45) is 7.02. The van der Waals surface area contributed by atoms with Crippen LogP contribution in [0.1, 0.15) is 13.8 Å². The van der Waals surface area contributed by atoms with E-state index in [1.807, 2.05) is 26.2 Å². The Kier molecular flexibility index (Phi) is 7.56. The van der Waals surface area contributed by atoms with Gasteiger partial charge < -0.3 is 14.8 Å². The molecule has 12 heteroatoms. The largest absolute Gasteiger partial charge is 0.461 e. The maximum absolute atomic E-state index is 13.0. The third-order valence-electron chi connectivity index (χ3n) is 4.62. The number of carbonyl (C=O) groups excluding carboxylic acids is 1. The van der Waals surface area contributed by atoms with Gasteiger partial charge in [-0.05, 0) is 44.4 Å². The number of fused-ring (bicyclic) bond motifs is 1. The van der Waals surface area contributed by atoms with E-state index in [0.717, 1.165) is 4.90 Å². The van der Waals surface area contributed by atoms with Crippen LogP contribution in [0.5, 0.6) is 5.88 Å². The summed E-state index contributed by atoms with van der Waals surface area (Å²) < 4.78 is 13.2. The van der Waals surface area contributed by atoms with Gasteiger partial charge in [0.2, 0.25) is 12.0 Å². The van der Waals surface area contributed by atoms with Gasteiger partial charge in [0.05, 0.1) is 23.9 Å². The van der Waals surface area contributed by atoms with Gasteiger partial charge in [0, 0.05) is 17.3 Å². The molecule has 4 heterocycles. The number of carbonyl (C=O) groups is 1. The van der Waals surface area contributed by atoms with Gasteiger partial charge in [-0.15, -0.1) is 11.8 Å². The Bertz CT molecular complexity index is 1280. The molecule has 0 saturated carbocycles. The molecule has 0 unspecified atom stereocenters. The molecule has 0 fully saturated rings. The topological polar surface area (TPSA) is 117 Å². The first-order valence-corrected chi connectivity index (χ1v) is 12.0. The number of ether oxygens (including phenoxy) is 2. The molecule has 0 bridgehead atoms. The van der Waals surface area contributed by atoms with Gasteiger partial charge >= 0.3 is 0 Å². The lowest BCUT2D eigenvalue weighted by Gasteiger charge is -2.19. The Balaban J connectivity index is 1.61. The van der Waals surface area contributed by atoms with Crippen molar-refractivity contribution in [1.82, 2.24) is 29.7 Å². The molecule has 10 nitrogen and oxygen atoms in total. The standard InChI is InChI=1S/C22H22ClN7O3S/c1-13(2)32-11-17(21(31)29-18-7-6-14(34-3)9-25-18)33-22-15-10-28-30(19(15)26-12-27-22)20-16(23)5-4-8-24-20/h4-10,12-13,17H,11H2,1-3H3,(H,25,29,31)/t17-/m0/s1. The molecule has 1 amide bonds. The molecule has 0 aliphatic carbocycles. The van der Waals surface area contributed by atoms with Crippen LogP contribution in [0.4, 0.5) is 5.82 Å². The number of rotatable bonds is 9. The normalized spacial score (nSPS) is 12.1. The Morgan fingerprint density at radius 3 is 2.74 bits per heavy atom. The zero-order chi connectivity index (χ0) is 24.1. The molecular formula is C22H22ClN7O3S. The maximum atomic E-state index is 13.0. The first kappa shape index (κ1) is 23.9. The van der Waals surface area contributed by atoms with Gasteiger partial charge in [0.25, 0.3) is 5.91 Å². The number of nitrogens with zero attached hydrogens (tertiary/aromatic N) is 6. The van der Waals surface area contributed by atoms with Crippen molar-refractivity contribution in [2.45, 2.75) is 31.0 Å². The van der Waals surface area contributed by atoms with Crippen LogP contribution in [0.2, 0.25) is 5.02 Å². The van der Waals surface area contributed by atoms with E-state index in [-0.39, 0.29) is 18.6 Å². The van der Waals surface area contributed by atoms with Crippen LogP contribution < -0.4 is 10.1 Å². The Labute approximate surface area is 205 Å². The Hall–Kier alpha value is -3.28. The van der Waals surface area contributed by atoms with E-state index >= 15 is 0 Å². The second-order valence-corrected chi connectivity index (χ2v) is 8.63. The van der Waals surface area contributed by atoms with Crippen LogP contribution in [-0.4, -0.2) is 60.7 Å². The van der Waals surface area contributed by atoms with Crippen molar-refractivity contribution in [2.24, 2.45) is 0 Å². The Morgan fingerprint density at radius 2 is 2.03 bits per heavy atom. The molecule has 176 valence electrons. The minimum atomic E-state index is -0.996. The summed E-state index contributed by atoms with van der Waals surface area (Å²) in [5.74, 6) is 0.589. The number of thioether (sulfide) groups is 1. The van der Waals surface area contributed by atoms with Crippen molar-refractivity contribution >= 4 is 46.1 Å². The van der Waals surface area contributed by atoms with Crippen LogP contribution in [-0.2, 0) is 9.53 Å². The van der Waals surface area contributed by atoms with E-state index in [1.165, 1.54) is 17.2 Å². The third kappa shape index (κ3) is 5.44. The number of aromatic nitrogens is 6. The van der Waals surface area contributed by atoms with Crippen molar-refractivity contribution in [1.29, 1.82) is 0 Å². The smallest absolute Gasteiger partial charge is 0.269 e.